The minimum atomic E-state index is 0.787. The predicted molar refractivity (Wildman–Crippen MR) is 57.7 cm³/mol. The number of aryl methyl sites for hydroxylation is 1. The Balaban J connectivity index is 2.40. The summed E-state index contributed by atoms with van der Waals surface area (Å²) in [5, 5.41) is 3.25. The zero-order valence-corrected chi connectivity index (χ0v) is 9.34. The van der Waals surface area contributed by atoms with E-state index < -0.39 is 0 Å². The van der Waals surface area contributed by atoms with Crippen LogP contribution in [0.2, 0.25) is 0 Å². The van der Waals surface area contributed by atoms with Crippen LogP contribution >= 0.6 is 15.9 Å². The third-order valence-corrected chi connectivity index (χ3v) is 2.04. The Bertz CT molecular complexity index is 280. The average Bonchev–Trinajstić information content (AvgIpc) is 2.51. The summed E-state index contributed by atoms with van der Waals surface area (Å²) in [6.45, 7) is 8.44. The molecule has 0 atom stereocenters. The van der Waals surface area contributed by atoms with E-state index in [9.17, 15) is 0 Å². The molecule has 0 aliphatic carbocycles. The molecule has 1 aromatic heterocycles. The highest BCUT2D eigenvalue weighted by Crippen LogP contribution is 2.00. The van der Waals surface area contributed by atoms with Gasteiger partial charge in [-0.25, -0.2) is 4.98 Å². The molecule has 0 bridgehead atoms. The van der Waals surface area contributed by atoms with Crippen molar-refractivity contribution >= 4 is 15.9 Å². The maximum Gasteiger partial charge on any atom is 0.0948 e. The van der Waals surface area contributed by atoms with E-state index in [1.54, 1.807) is 0 Å². The van der Waals surface area contributed by atoms with Gasteiger partial charge in [-0.3, -0.25) is 0 Å². The normalized spacial score (nSPS) is 10.3. The van der Waals surface area contributed by atoms with Gasteiger partial charge in [-0.1, -0.05) is 22.5 Å². The maximum atomic E-state index is 4.08. The van der Waals surface area contributed by atoms with Crippen LogP contribution in [0.15, 0.2) is 23.6 Å². The van der Waals surface area contributed by atoms with Crippen molar-refractivity contribution in [2.45, 2.75) is 20.0 Å². The Morgan fingerprint density at radius 3 is 3.15 bits per heavy atom. The van der Waals surface area contributed by atoms with Crippen LogP contribution in [0.4, 0.5) is 0 Å². The van der Waals surface area contributed by atoms with E-state index in [1.807, 2.05) is 12.5 Å². The molecule has 0 aliphatic rings. The second-order valence-corrected chi connectivity index (χ2v) is 3.91. The zero-order valence-electron chi connectivity index (χ0n) is 7.76. The fourth-order valence-electron chi connectivity index (χ4n) is 1.11. The van der Waals surface area contributed by atoms with Gasteiger partial charge in [-0.2, -0.15) is 0 Å². The van der Waals surface area contributed by atoms with E-state index in [0.29, 0.717) is 0 Å². The second kappa shape index (κ2) is 5.19. The smallest absolute Gasteiger partial charge is 0.0948 e. The van der Waals surface area contributed by atoms with Crippen LogP contribution in [0.3, 0.4) is 0 Å². The lowest BCUT2D eigenvalue weighted by Crippen LogP contribution is -2.16. The number of hydrogen-bond acceptors (Lipinski definition) is 2. The summed E-state index contributed by atoms with van der Waals surface area (Å²) in [5.74, 6) is 0. The molecule has 13 heavy (non-hydrogen) atoms. The van der Waals surface area contributed by atoms with Crippen molar-refractivity contribution in [2.24, 2.45) is 0 Å². The van der Waals surface area contributed by atoms with Gasteiger partial charge in [0.1, 0.15) is 0 Å². The molecule has 72 valence electrons. The molecule has 0 unspecified atom stereocenters. The molecular weight excluding hydrogens is 230 g/mol. The number of nitrogens with one attached hydrogen (secondary N) is 1. The maximum absolute atomic E-state index is 4.08. The highest BCUT2D eigenvalue weighted by Gasteiger charge is 1.98. The number of aromatic nitrogens is 2. The number of hydrogen-bond donors (Lipinski definition) is 1. The van der Waals surface area contributed by atoms with Gasteiger partial charge < -0.3 is 9.88 Å². The van der Waals surface area contributed by atoms with Gasteiger partial charge in [0.25, 0.3) is 0 Å². The first kappa shape index (κ1) is 10.5. The third kappa shape index (κ3) is 3.32. The standard InChI is InChI=1S/C9H14BrN3/c1-3-13-7-12-6-9(13)5-11-4-8(2)10/h6-7,11H,2-5H2,1H3. The van der Waals surface area contributed by atoms with Crippen LogP contribution in [0, 0.1) is 0 Å². The van der Waals surface area contributed by atoms with Gasteiger partial charge >= 0.3 is 0 Å². The zero-order chi connectivity index (χ0) is 9.68. The summed E-state index contributed by atoms with van der Waals surface area (Å²) in [4.78, 5) is 4.08. The molecule has 1 aromatic rings. The van der Waals surface area contributed by atoms with E-state index in [1.165, 1.54) is 5.69 Å². The molecule has 0 spiro atoms. The SMILES string of the molecule is C=C(Br)CNCc1cncn1CC. The monoisotopic (exact) mass is 243 g/mol. The second-order valence-electron chi connectivity index (χ2n) is 2.79. The first-order chi connectivity index (χ1) is 6.24. The van der Waals surface area contributed by atoms with Crippen LogP contribution in [-0.4, -0.2) is 16.1 Å². The minimum absolute atomic E-state index is 0.787. The lowest BCUT2D eigenvalue weighted by molar-refractivity contribution is 0.656. The molecule has 0 radical (unpaired) electrons. The molecule has 0 aromatic carbocycles. The van der Waals surface area contributed by atoms with Crippen LogP contribution in [0.1, 0.15) is 12.6 Å². The molecule has 0 amide bonds. The van der Waals surface area contributed by atoms with Crippen molar-refractivity contribution in [3.8, 4) is 0 Å². The molecule has 1 rings (SSSR count). The van der Waals surface area contributed by atoms with Crippen molar-refractivity contribution in [3.63, 3.8) is 0 Å². The van der Waals surface area contributed by atoms with E-state index >= 15 is 0 Å². The number of nitrogens with zero attached hydrogens (tertiary/aromatic N) is 2. The van der Waals surface area contributed by atoms with Crippen molar-refractivity contribution in [1.82, 2.24) is 14.9 Å². The molecule has 0 aliphatic heterocycles. The quantitative estimate of drug-likeness (QED) is 0.857. The van der Waals surface area contributed by atoms with Gasteiger partial charge in [0, 0.05) is 30.3 Å². The molecular formula is C9H14BrN3. The van der Waals surface area contributed by atoms with E-state index in [-0.39, 0.29) is 0 Å². The van der Waals surface area contributed by atoms with Crippen LogP contribution < -0.4 is 5.32 Å². The molecule has 3 nitrogen and oxygen atoms in total. The molecule has 0 fully saturated rings. The van der Waals surface area contributed by atoms with Crippen molar-refractivity contribution in [1.29, 1.82) is 0 Å². The van der Waals surface area contributed by atoms with Crippen molar-refractivity contribution < 1.29 is 0 Å². The van der Waals surface area contributed by atoms with Gasteiger partial charge in [-0.05, 0) is 6.92 Å². The Labute approximate surface area is 87.0 Å². The van der Waals surface area contributed by atoms with E-state index in [2.05, 4.69) is 44.3 Å². The summed E-state index contributed by atoms with van der Waals surface area (Å²) in [6, 6.07) is 0. The van der Waals surface area contributed by atoms with Crippen LogP contribution in [0.5, 0.6) is 0 Å². The van der Waals surface area contributed by atoms with Gasteiger partial charge in [0.2, 0.25) is 0 Å². The van der Waals surface area contributed by atoms with Gasteiger partial charge in [-0.15, -0.1) is 0 Å². The summed E-state index contributed by atoms with van der Waals surface area (Å²) in [7, 11) is 0. The first-order valence-corrected chi connectivity index (χ1v) is 5.06. The number of rotatable bonds is 5. The average molecular weight is 244 g/mol. The largest absolute Gasteiger partial charge is 0.334 e. The molecule has 1 heterocycles. The Kier molecular flexibility index (Phi) is 4.18. The molecule has 4 heteroatoms. The highest BCUT2D eigenvalue weighted by molar-refractivity contribution is 9.11. The van der Waals surface area contributed by atoms with Crippen molar-refractivity contribution in [2.75, 3.05) is 6.54 Å². The third-order valence-electron chi connectivity index (χ3n) is 1.76. The predicted octanol–water partition coefficient (Wildman–Crippen LogP) is 1.90. The van der Waals surface area contributed by atoms with Gasteiger partial charge in [0.15, 0.2) is 0 Å². The van der Waals surface area contributed by atoms with E-state index in [4.69, 9.17) is 0 Å². The molecule has 1 N–H and O–H groups in total. The highest BCUT2D eigenvalue weighted by atomic mass is 79.9. The van der Waals surface area contributed by atoms with E-state index in [0.717, 1.165) is 24.1 Å². The topological polar surface area (TPSA) is 29.9 Å². The van der Waals surface area contributed by atoms with Crippen molar-refractivity contribution in [3.05, 3.63) is 29.3 Å². The number of halogens is 1. The summed E-state index contributed by atoms with van der Waals surface area (Å²) >= 11 is 3.29. The Morgan fingerprint density at radius 1 is 1.77 bits per heavy atom. The summed E-state index contributed by atoms with van der Waals surface area (Å²) in [5.41, 5.74) is 1.20. The first-order valence-electron chi connectivity index (χ1n) is 4.27. The fourth-order valence-corrected chi connectivity index (χ4v) is 1.30. The minimum Gasteiger partial charge on any atom is -0.334 e. The summed E-state index contributed by atoms with van der Waals surface area (Å²) < 4.78 is 3.08. The molecule has 0 saturated heterocycles. The lowest BCUT2D eigenvalue weighted by atomic mass is 10.4. The number of imidazole rings is 1. The lowest BCUT2D eigenvalue weighted by Gasteiger charge is -2.05. The Morgan fingerprint density at radius 2 is 2.54 bits per heavy atom. The Hall–Kier alpha value is -0.610. The fraction of sp³-hybridized carbons (Fsp3) is 0.444. The van der Waals surface area contributed by atoms with Crippen LogP contribution in [-0.2, 0) is 13.1 Å². The van der Waals surface area contributed by atoms with Crippen LogP contribution in [0.25, 0.3) is 0 Å². The summed E-state index contributed by atoms with van der Waals surface area (Å²) in [6.07, 6.45) is 3.73. The molecule has 0 saturated carbocycles. The van der Waals surface area contributed by atoms with Gasteiger partial charge in [0.05, 0.1) is 12.0 Å².